The molecule has 2 heteroatoms. The summed E-state index contributed by atoms with van der Waals surface area (Å²) in [7, 11) is 0. The second kappa shape index (κ2) is 11.3. The lowest BCUT2D eigenvalue weighted by atomic mass is 9.81. The highest BCUT2D eigenvalue weighted by Crippen LogP contribution is 2.46. The van der Waals surface area contributed by atoms with Crippen molar-refractivity contribution in [2.45, 2.75) is 25.7 Å². The summed E-state index contributed by atoms with van der Waals surface area (Å²) in [5.74, 6) is 1.01. The predicted octanol–water partition coefficient (Wildman–Crippen LogP) is 14.4. The molecule has 1 aliphatic carbocycles. The molecule has 2 heterocycles. The molecule has 8 aromatic carbocycles. The fourth-order valence-corrected chi connectivity index (χ4v) is 8.85. The van der Waals surface area contributed by atoms with E-state index in [2.05, 4.69) is 134 Å². The molecule has 0 fully saturated rings. The van der Waals surface area contributed by atoms with Gasteiger partial charge in [-0.15, -0.1) is 6.58 Å². The number of rotatable bonds is 5. The third kappa shape index (κ3) is 4.37. The zero-order valence-corrected chi connectivity index (χ0v) is 28.7. The average Bonchev–Trinajstić information content (AvgIpc) is 3.79. The molecule has 2 nitrogen and oxygen atoms in total. The highest BCUT2D eigenvalue weighted by Gasteiger charge is 2.21. The third-order valence-corrected chi connectivity index (χ3v) is 11.3. The summed E-state index contributed by atoms with van der Waals surface area (Å²) in [6, 6.07) is 46.9. The largest absolute Gasteiger partial charge is 0.461 e. The van der Waals surface area contributed by atoms with Crippen LogP contribution >= 0.6 is 0 Å². The van der Waals surface area contributed by atoms with Crippen molar-refractivity contribution in [3.63, 3.8) is 0 Å². The molecule has 0 bridgehead atoms. The van der Waals surface area contributed by atoms with Gasteiger partial charge in [-0.25, -0.2) is 0 Å². The quantitative estimate of drug-likeness (QED) is 0.135. The van der Waals surface area contributed by atoms with E-state index in [1.807, 2.05) is 18.2 Å². The van der Waals surface area contributed by atoms with E-state index < -0.39 is 0 Å². The molecule has 10 aromatic rings. The molecule has 0 aliphatic heterocycles. The van der Waals surface area contributed by atoms with E-state index in [4.69, 9.17) is 8.83 Å². The molecular formula is C50H34O2. The molecule has 0 spiro atoms. The van der Waals surface area contributed by atoms with Gasteiger partial charge in [0.05, 0.1) is 0 Å². The summed E-state index contributed by atoms with van der Waals surface area (Å²) in [5.41, 5.74) is 10.4. The van der Waals surface area contributed by atoms with Crippen LogP contribution in [0.5, 0.6) is 0 Å². The van der Waals surface area contributed by atoms with Crippen molar-refractivity contribution in [3.8, 4) is 22.3 Å². The maximum atomic E-state index is 6.18. The molecule has 2 aromatic heterocycles. The second-order valence-electron chi connectivity index (χ2n) is 14.3. The normalized spacial score (nSPS) is 13.0. The summed E-state index contributed by atoms with van der Waals surface area (Å²) in [5, 5.41) is 13.9. The maximum Gasteiger partial charge on any atom is 0.135 e. The number of benzene rings is 8. The number of fused-ring (bicyclic) bond motifs is 15. The van der Waals surface area contributed by atoms with E-state index in [1.165, 1.54) is 76.5 Å². The maximum absolute atomic E-state index is 6.18. The van der Waals surface area contributed by atoms with Gasteiger partial charge < -0.3 is 8.83 Å². The van der Waals surface area contributed by atoms with Crippen LogP contribution in [0.15, 0.2) is 155 Å². The number of para-hydroxylation sites is 1. The highest BCUT2D eigenvalue weighted by atomic mass is 16.3. The standard InChI is InChI=1S/C50H34O2/c1-2-3-10-35-26-34-25-30(19-23-46(34)51-35)31-17-21-38-39-22-18-32(33-20-24-48-43(27-33)40-13-8-9-16-47(40)52-48)29-45(39)50-42-15-7-5-12-37(42)36-11-4-6-14-41(36)49(50)44(38)28-31/h2,5-9,12-29H,1,3-4,10-11H2. The van der Waals surface area contributed by atoms with Crippen LogP contribution in [-0.2, 0) is 12.8 Å². The minimum Gasteiger partial charge on any atom is -0.461 e. The summed E-state index contributed by atoms with van der Waals surface area (Å²) in [6.45, 7) is 3.88. The molecule has 0 saturated carbocycles. The minimum absolute atomic E-state index is 0.867. The Morgan fingerprint density at radius 3 is 1.94 bits per heavy atom. The lowest BCUT2D eigenvalue weighted by Crippen LogP contribution is -1.99. The van der Waals surface area contributed by atoms with Crippen LogP contribution in [0.4, 0.5) is 0 Å². The third-order valence-electron chi connectivity index (χ3n) is 11.3. The minimum atomic E-state index is 0.867. The first kappa shape index (κ1) is 29.4. The first-order chi connectivity index (χ1) is 25.7. The van der Waals surface area contributed by atoms with Crippen molar-refractivity contribution in [2.24, 2.45) is 0 Å². The predicted molar refractivity (Wildman–Crippen MR) is 220 cm³/mol. The van der Waals surface area contributed by atoms with Crippen LogP contribution in [0.25, 0.3) is 104 Å². The number of hydrogen-bond donors (Lipinski definition) is 0. The summed E-state index contributed by atoms with van der Waals surface area (Å²) >= 11 is 0. The molecule has 246 valence electrons. The molecule has 52 heavy (non-hydrogen) atoms. The second-order valence-corrected chi connectivity index (χ2v) is 14.3. The molecule has 0 radical (unpaired) electrons. The summed E-state index contributed by atoms with van der Waals surface area (Å²) < 4.78 is 12.3. The van der Waals surface area contributed by atoms with E-state index >= 15 is 0 Å². The van der Waals surface area contributed by atoms with Gasteiger partial charge in [0.2, 0.25) is 0 Å². The Kier molecular flexibility index (Phi) is 6.39. The molecule has 0 saturated heterocycles. The zero-order chi connectivity index (χ0) is 34.3. The van der Waals surface area contributed by atoms with Crippen LogP contribution < -0.4 is 0 Å². The van der Waals surface area contributed by atoms with Gasteiger partial charge in [0.15, 0.2) is 0 Å². The van der Waals surface area contributed by atoms with E-state index in [0.29, 0.717) is 0 Å². The first-order valence-corrected chi connectivity index (χ1v) is 18.3. The molecule has 0 unspecified atom stereocenters. The molecular weight excluding hydrogens is 633 g/mol. The lowest BCUT2D eigenvalue weighted by molar-refractivity contribution is 0.549. The number of hydrogen-bond acceptors (Lipinski definition) is 2. The van der Waals surface area contributed by atoms with E-state index in [1.54, 1.807) is 0 Å². The van der Waals surface area contributed by atoms with Crippen LogP contribution in [0.1, 0.15) is 29.7 Å². The van der Waals surface area contributed by atoms with Crippen LogP contribution in [0.3, 0.4) is 0 Å². The van der Waals surface area contributed by atoms with Crippen molar-refractivity contribution >= 4 is 82.1 Å². The summed E-state index contributed by atoms with van der Waals surface area (Å²) in [6.07, 6.45) is 10.6. The van der Waals surface area contributed by atoms with Crippen molar-refractivity contribution < 1.29 is 8.83 Å². The van der Waals surface area contributed by atoms with Gasteiger partial charge in [-0.05, 0) is 144 Å². The number of aryl methyl sites for hydroxylation is 2. The van der Waals surface area contributed by atoms with Gasteiger partial charge in [-0.2, -0.15) is 0 Å². The Labute approximate surface area is 300 Å². The van der Waals surface area contributed by atoms with Crippen molar-refractivity contribution in [3.05, 3.63) is 163 Å². The van der Waals surface area contributed by atoms with Crippen molar-refractivity contribution in [1.29, 1.82) is 0 Å². The number of furan rings is 2. The topological polar surface area (TPSA) is 26.3 Å². The number of allylic oxidation sites excluding steroid dienone is 2. The zero-order valence-electron chi connectivity index (χ0n) is 28.7. The molecule has 1 aliphatic rings. The Morgan fingerprint density at radius 1 is 0.519 bits per heavy atom. The Morgan fingerprint density at radius 2 is 1.15 bits per heavy atom. The summed E-state index contributed by atoms with van der Waals surface area (Å²) in [4.78, 5) is 0. The van der Waals surface area contributed by atoms with Crippen LogP contribution in [0.2, 0.25) is 0 Å². The smallest absolute Gasteiger partial charge is 0.135 e. The fraction of sp³-hybridized carbons (Fsp3) is 0.0800. The van der Waals surface area contributed by atoms with Crippen molar-refractivity contribution in [1.82, 2.24) is 0 Å². The SMILES string of the molecule is C=CCCc1cc2cc(-c3ccc4c5ccc(-c6ccc7oc8ccccc8c7c6)cc5c5c6ccccc6c6c(c5c4c3)C=CCC6)ccc2o1. The van der Waals surface area contributed by atoms with E-state index in [0.717, 1.165) is 64.4 Å². The van der Waals surface area contributed by atoms with Gasteiger partial charge in [0.25, 0.3) is 0 Å². The van der Waals surface area contributed by atoms with Crippen molar-refractivity contribution in [2.75, 3.05) is 0 Å². The van der Waals surface area contributed by atoms with Crippen LogP contribution in [-0.4, -0.2) is 0 Å². The average molecular weight is 667 g/mol. The molecule has 0 amide bonds. The monoisotopic (exact) mass is 666 g/mol. The van der Waals surface area contributed by atoms with Gasteiger partial charge in [-0.1, -0.05) is 97.1 Å². The van der Waals surface area contributed by atoms with E-state index in [-0.39, 0.29) is 0 Å². The van der Waals surface area contributed by atoms with Crippen LogP contribution in [0, 0.1) is 0 Å². The Balaban J connectivity index is 1.19. The van der Waals surface area contributed by atoms with E-state index in [9.17, 15) is 0 Å². The fourth-order valence-electron chi connectivity index (χ4n) is 8.85. The first-order valence-electron chi connectivity index (χ1n) is 18.3. The highest BCUT2D eigenvalue weighted by molar-refractivity contribution is 6.34. The van der Waals surface area contributed by atoms with Gasteiger partial charge in [0.1, 0.15) is 22.5 Å². The Hall–Kier alpha value is -6.38. The molecule has 11 rings (SSSR count). The molecule has 0 N–H and O–H groups in total. The van der Waals surface area contributed by atoms with Gasteiger partial charge >= 0.3 is 0 Å². The molecule has 0 atom stereocenters. The Bertz CT molecular complexity index is 3150. The van der Waals surface area contributed by atoms with Gasteiger partial charge in [-0.3, -0.25) is 0 Å². The lowest BCUT2D eigenvalue weighted by Gasteiger charge is -2.22. The van der Waals surface area contributed by atoms with Gasteiger partial charge in [0, 0.05) is 22.6 Å².